The predicted octanol–water partition coefficient (Wildman–Crippen LogP) is 7.47. The average Bonchev–Trinajstić information content (AvgIpc) is 3.00. The van der Waals surface area contributed by atoms with Gasteiger partial charge in [0.15, 0.2) is 14.1 Å². The predicted molar refractivity (Wildman–Crippen MR) is 133 cm³/mol. The van der Waals surface area contributed by atoms with E-state index >= 15 is 0 Å². The van der Waals surface area contributed by atoms with Crippen molar-refractivity contribution in [2.75, 3.05) is 13.2 Å². The Morgan fingerprint density at radius 1 is 0.969 bits per heavy atom. The van der Waals surface area contributed by atoms with Gasteiger partial charge in [-0.25, -0.2) is 0 Å². The fourth-order valence-corrected chi connectivity index (χ4v) is 9.72. The highest BCUT2D eigenvalue weighted by molar-refractivity contribution is 6.74. The summed E-state index contributed by atoms with van der Waals surface area (Å²) in [4.78, 5) is 0. The number of hydrogen-bond acceptors (Lipinski definition) is 3. The van der Waals surface area contributed by atoms with Crippen LogP contribution in [-0.4, -0.2) is 33.4 Å². The van der Waals surface area contributed by atoms with Gasteiger partial charge in [-0.1, -0.05) is 46.3 Å². The van der Waals surface area contributed by atoms with Crippen molar-refractivity contribution in [3.63, 3.8) is 0 Å². The quantitative estimate of drug-likeness (QED) is 0.316. The molecule has 1 aliphatic heterocycles. The maximum atomic E-state index is 6.90. The van der Waals surface area contributed by atoms with Crippen LogP contribution in [0, 0.1) is 28.6 Å². The minimum absolute atomic E-state index is 0.193. The van der Waals surface area contributed by atoms with E-state index in [4.69, 9.17) is 13.9 Å². The number of rotatable bonds is 2. The molecule has 0 bridgehead atoms. The van der Waals surface area contributed by atoms with Gasteiger partial charge in [-0.15, -0.1) is 0 Å². The van der Waals surface area contributed by atoms with Crippen LogP contribution in [0.5, 0.6) is 0 Å². The molecule has 1 heterocycles. The number of allylic oxidation sites excluding steroid dienone is 1. The maximum absolute atomic E-state index is 6.90. The van der Waals surface area contributed by atoms with E-state index in [1.165, 1.54) is 44.9 Å². The van der Waals surface area contributed by atoms with Crippen LogP contribution in [0.15, 0.2) is 11.6 Å². The molecule has 0 radical (unpaired) electrons. The van der Waals surface area contributed by atoms with E-state index in [1.54, 1.807) is 5.57 Å². The molecule has 5 rings (SSSR count). The van der Waals surface area contributed by atoms with Gasteiger partial charge < -0.3 is 13.9 Å². The maximum Gasteiger partial charge on any atom is 0.192 e. The molecule has 1 spiro atoms. The lowest BCUT2D eigenvalue weighted by atomic mass is 9.47. The van der Waals surface area contributed by atoms with Gasteiger partial charge in [0.2, 0.25) is 0 Å². The molecule has 3 saturated carbocycles. The molecule has 0 aromatic rings. The monoisotopic (exact) mass is 460 g/mol. The molecule has 0 aromatic heterocycles. The molecule has 4 fully saturated rings. The average molecular weight is 461 g/mol. The summed E-state index contributed by atoms with van der Waals surface area (Å²) in [5.74, 6) is 2.08. The highest BCUT2D eigenvalue weighted by Gasteiger charge is 2.66. The van der Waals surface area contributed by atoms with E-state index in [1.807, 2.05) is 0 Å². The summed E-state index contributed by atoms with van der Waals surface area (Å²) >= 11 is 0. The lowest BCUT2D eigenvalue weighted by Gasteiger charge is -2.60. The smallest absolute Gasteiger partial charge is 0.192 e. The minimum Gasteiger partial charge on any atom is -0.414 e. The Kier molecular flexibility index (Phi) is 5.65. The van der Waals surface area contributed by atoms with Gasteiger partial charge in [0.25, 0.3) is 0 Å². The Morgan fingerprint density at radius 2 is 1.66 bits per heavy atom. The highest BCUT2D eigenvalue weighted by Crippen LogP contribution is 2.68. The summed E-state index contributed by atoms with van der Waals surface area (Å²) in [6.07, 6.45) is 14.1. The summed E-state index contributed by atoms with van der Waals surface area (Å²) in [7, 11) is -1.71. The minimum atomic E-state index is -1.71. The Labute approximate surface area is 198 Å². The van der Waals surface area contributed by atoms with Gasteiger partial charge in [-0.3, -0.25) is 0 Å². The van der Waals surface area contributed by atoms with Gasteiger partial charge in [-0.2, -0.15) is 0 Å². The van der Waals surface area contributed by atoms with Gasteiger partial charge >= 0.3 is 0 Å². The van der Waals surface area contributed by atoms with Gasteiger partial charge in [0.1, 0.15) is 0 Å². The summed E-state index contributed by atoms with van der Waals surface area (Å²) in [6.45, 7) is 18.8. The van der Waals surface area contributed by atoms with Crippen LogP contribution >= 0.6 is 0 Å². The fourth-order valence-electron chi connectivity index (χ4n) is 8.33. The SMILES string of the molecule is CC(C)(C)[Si](C)(C)OC1CC[C@@]2(C)C(=CC[C@@H]3[C@@H]2CC[C@@]2(C)[C@H]3CCC23OCCCO3)C1. The second-order valence-corrected chi connectivity index (χ2v) is 18.6. The normalized spacial score (nSPS) is 43.9. The van der Waals surface area contributed by atoms with Crippen LogP contribution in [0.4, 0.5) is 0 Å². The van der Waals surface area contributed by atoms with E-state index in [-0.39, 0.29) is 16.2 Å². The Hall–Kier alpha value is -0.163. The van der Waals surface area contributed by atoms with Crippen LogP contribution in [0.3, 0.4) is 0 Å². The molecular weight excluding hydrogens is 412 g/mol. The zero-order chi connectivity index (χ0) is 23.0. The van der Waals surface area contributed by atoms with E-state index in [0.717, 1.165) is 43.8 Å². The van der Waals surface area contributed by atoms with E-state index in [2.05, 4.69) is 53.8 Å². The van der Waals surface area contributed by atoms with Crippen molar-refractivity contribution >= 4 is 8.32 Å². The topological polar surface area (TPSA) is 27.7 Å². The molecule has 4 aliphatic carbocycles. The highest BCUT2D eigenvalue weighted by atomic mass is 28.4. The third-order valence-electron chi connectivity index (χ3n) is 11.3. The van der Waals surface area contributed by atoms with Crippen molar-refractivity contribution in [2.24, 2.45) is 28.6 Å². The van der Waals surface area contributed by atoms with Gasteiger partial charge in [0.05, 0.1) is 13.2 Å². The van der Waals surface area contributed by atoms with Gasteiger partial charge in [0, 0.05) is 17.9 Å². The Balaban J connectivity index is 1.35. The summed E-state index contributed by atoms with van der Waals surface area (Å²) < 4.78 is 19.8. The third-order valence-corrected chi connectivity index (χ3v) is 15.9. The lowest BCUT2D eigenvalue weighted by molar-refractivity contribution is -0.322. The first-order chi connectivity index (χ1) is 14.9. The van der Waals surface area contributed by atoms with Crippen molar-refractivity contribution in [3.8, 4) is 0 Å². The molecule has 1 unspecified atom stereocenters. The fraction of sp³-hybridized carbons (Fsp3) is 0.929. The second kappa shape index (κ2) is 7.67. The Bertz CT molecular complexity index is 761. The first-order valence-corrected chi connectivity index (χ1v) is 16.5. The largest absolute Gasteiger partial charge is 0.414 e. The van der Waals surface area contributed by atoms with Crippen molar-refractivity contribution in [1.29, 1.82) is 0 Å². The first-order valence-electron chi connectivity index (χ1n) is 13.6. The van der Waals surface area contributed by atoms with Crippen LogP contribution in [-0.2, 0) is 13.9 Å². The third kappa shape index (κ3) is 3.37. The molecule has 3 nitrogen and oxygen atoms in total. The summed E-state index contributed by atoms with van der Waals surface area (Å²) in [5, 5.41) is 0.287. The number of hydrogen-bond donors (Lipinski definition) is 0. The first kappa shape index (κ1) is 23.6. The molecular formula is C28H48O3Si. The van der Waals surface area contributed by atoms with Gasteiger partial charge in [-0.05, 0) is 92.7 Å². The van der Waals surface area contributed by atoms with Crippen molar-refractivity contribution in [2.45, 2.75) is 122 Å². The van der Waals surface area contributed by atoms with E-state index in [0.29, 0.717) is 11.5 Å². The lowest BCUT2D eigenvalue weighted by Crippen LogP contribution is -2.57. The zero-order valence-corrected chi connectivity index (χ0v) is 22.9. The molecule has 6 atom stereocenters. The van der Waals surface area contributed by atoms with Crippen LogP contribution < -0.4 is 0 Å². The van der Waals surface area contributed by atoms with Crippen LogP contribution in [0.2, 0.25) is 18.1 Å². The Morgan fingerprint density at radius 3 is 2.34 bits per heavy atom. The van der Waals surface area contributed by atoms with Crippen LogP contribution in [0.1, 0.15) is 92.4 Å². The van der Waals surface area contributed by atoms with Crippen molar-refractivity contribution in [1.82, 2.24) is 0 Å². The molecule has 5 aliphatic rings. The summed E-state index contributed by atoms with van der Waals surface area (Å²) in [5.41, 5.74) is 2.30. The zero-order valence-electron chi connectivity index (χ0n) is 21.9. The molecule has 1 saturated heterocycles. The molecule has 182 valence electrons. The molecule has 0 amide bonds. The molecule has 0 aromatic carbocycles. The van der Waals surface area contributed by atoms with E-state index in [9.17, 15) is 0 Å². The molecule has 32 heavy (non-hydrogen) atoms. The van der Waals surface area contributed by atoms with E-state index < -0.39 is 8.32 Å². The number of ether oxygens (including phenoxy) is 2. The standard InChI is InChI=1S/C28H48O3Si/c1-25(2,3)32(6,7)31-21-11-14-26(4)20(19-21)9-10-22-23(26)12-15-27(5)24(22)13-16-28(27)29-17-8-18-30-28/h9,21-24H,8,10-19H2,1-7H3/t21?,22-,23+,24+,26+,27+/m1/s1. The number of fused-ring (bicyclic) bond motifs is 6. The van der Waals surface area contributed by atoms with Crippen molar-refractivity contribution in [3.05, 3.63) is 11.6 Å². The second-order valence-electron chi connectivity index (χ2n) is 13.8. The van der Waals surface area contributed by atoms with Crippen LogP contribution in [0.25, 0.3) is 0 Å². The molecule has 4 heteroatoms. The summed E-state index contributed by atoms with van der Waals surface area (Å²) in [6, 6.07) is 0. The molecule has 0 N–H and O–H groups in total. The van der Waals surface area contributed by atoms with Crippen molar-refractivity contribution < 1.29 is 13.9 Å².